The van der Waals surface area contributed by atoms with E-state index >= 15 is 0 Å². The zero-order valence-electron chi connectivity index (χ0n) is 13.1. The number of ether oxygens (including phenoxy) is 1. The number of nitrogens with one attached hydrogen (secondary N) is 1. The van der Waals surface area contributed by atoms with E-state index in [-0.39, 0.29) is 5.97 Å². The first-order valence-electron chi connectivity index (χ1n) is 6.98. The Morgan fingerprint density at radius 1 is 1.32 bits per heavy atom. The highest BCUT2D eigenvalue weighted by molar-refractivity contribution is 5.86. The van der Waals surface area contributed by atoms with Gasteiger partial charge >= 0.3 is 5.97 Å². The van der Waals surface area contributed by atoms with Crippen molar-refractivity contribution in [1.29, 1.82) is 0 Å². The summed E-state index contributed by atoms with van der Waals surface area (Å²) >= 11 is 0. The van der Waals surface area contributed by atoms with Gasteiger partial charge in [-0.15, -0.1) is 0 Å². The van der Waals surface area contributed by atoms with Crippen molar-refractivity contribution >= 4 is 18.3 Å². The second-order valence-corrected chi connectivity index (χ2v) is 4.63. The molecule has 4 heteroatoms. The van der Waals surface area contributed by atoms with Crippen LogP contribution in [0.25, 0.3) is 6.08 Å². The Bertz CT molecular complexity index is 569. The number of nitrogens with zero attached hydrogens (tertiary/aromatic N) is 1. The van der Waals surface area contributed by atoms with Gasteiger partial charge in [0, 0.05) is 32.4 Å². The van der Waals surface area contributed by atoms with Gasteiger partial charge in [-0.05, 0) is 28.9 Å². The first-order chi connectivity index (χ1) is 10.7. The monoisotopic (exact) mass is 298 g/mol. The molecule has 0 spiro atoms. The Kier molecular flexibility index (Phi) is 8.23. The number of benzene rings is 1. The van der Waals surface area contributed by atoms with Gasteiger partial charge in [-0.3, -0.25) is 4.99 Å². The molecular weight excluding hydrogens is 276 g/mol. The van der Waals surface area contributed by atoms with Crippen LogP contribution in [0.3, 0.4) is 0 Å². The molecule has 0 radical (unpaired) electrons. The van der Waals surface area contributed by atoms with Crippen molar-refractivity contribution in [1.82, 2.24) is 5.32 Å². The first-order valence-corrected chi connectivity index (χ1v) is 6.98. The van der Waals surface area contributed by atoms with E-state index in [1.54, 1.807) is 19.3 Å². The number of rotatable bonds is 8. The molecule has 0 bridgehead atoms. The maximum Gasteiger partial charge on any atom is 0.330 e. The summed E-state index contributed by atoms with van der Waals surface area (Å²) in [6.07, 6.45) is 8.66. The summed E-state index contributed by atoms with van der Waals surface area (Å²) in [6.45, 7) is 5.44. The van der Waals surface area contributed by atoms with E-state index < -0.39 is 0 Å². The predicted octanol–water partition coefficient (Wildman–Crippen LogP) is 2.78. The summed E-state index contributed by atoms with van der Waals surface area (Å²) in [4.78, 5) is 14.9. The number of allylic oxidation sites excluding steroid dienone is 1. The Morgan fingerprint density at radius 3 is 2.68 bits per heavy atom. The lowest BCUT2D eigenvalue weighted by atomic mass is 10.1. The molecule has 1 N–H and O–H groups in total. The van der Waals surface area contributed by atoms with E-state index in [0.29, 0.717) is 0 Å². The number of esters is 1. The molecule has 0 fully saturated rings. The molecule has 0 amide bonds. The molecule has 0 aliphatic rings. The Balaban J connectivity index is 2.40. The smallest absolute Gasteiger partial charge is 0.330 e. The minimum absolute atomic E-state index is 0.356. The predicted molar refractivity (Wildman–Crippen MR) is 91.9 cm³/mol. The van der Waals surface area contributed by atoms with Gasteiger partial charge in [-0.25, -0.2) is 4.79 Å². The van der Waals surface area contributed by atoms with Crippen LogP contribution in [0.1, 0.15) is 11.1 Å². The lowest BCUT2D eigenvalue weighted by molar-refractivity contribution is -0.134. The Hall–Kier alpha value is -2.46. The quantitative estimate of drug-likeness (QED) is 0.347. The fraction of sp³-hybridized carbons (Fsp3) is 0.222. The number of carbonyl (C=O) groups is 1. The third-order valence-electron chi connectivity index (χ3n) is 2.84. The van der Waals surface area contributed by atoms with Gasteiger partial charge in [0.25, 0.3) is 0 Å². The van der Waals surface area contributed by atoms with Gasteiger partial charge in [0.15, 0.2) is 0 Å². The van der Waals surface area contributed by atoms with Crippen LogP contribution in [0, 0.1) is 0 Å². The van der Waals surface area contributed by atoms with Gasteiger partial charge in [0.2, 0.25) is 0 Å². The van der Waals surface area contributed by atoms with Crippen LogP contribution in [-0.4, -0.2) is 32.9 Å². The average Bonchev–Trinajstić information content (AvgIpc) is 2.54. The van der Waals surface area contributed by atoms with Crippen LogP contribution in [0.15, 0.2) is 59.6 Å². The third-order valence-corrected chi connectivity index (χ3v) is 2.84. The molecule has 0 aliphatic carbocycles. The van der Waals surface area contributed by atoms with Crippen molar-refractivity contribution in [2.75, 3.05) is 20.7 Å². The summed E-state index contributed by atoms with van der Waals surface area (Å²) in [6, 6.07) is 7.96. The van der Waals surface area contributed by atoms with Crippen LogP contribution in [0.5, 0.6) is 0 Å². The highest BCUT2D eigenvalue weighted by Crippen LogP contribution is 2.06. The Morgan fingerprint density at radius 2 is 2.05 bits per heavy atom. The van der Waals surface area contributed by atoms with E-state index in [1.165, 1.54) is 18.7 Å². The fourth-order valence-electron chi connectivity index (χ4n) is 1.67. The van der Waals surface area contributed by atoms with Gasteiger partial charge < -0.3 is 10.1 Å². The molecule has 0 heterocycles. The molecule has 0 saturated carbocycles. The summed E-state index contributed by atoms with van der Waals surface area (Å²) in [5.74, 6) is -0.356. The summed E-state index contributed by atoms with van der Waals surface area (Å²) < 4.78 is 4.55. The molecule has 0 unspecified atom stereocenters. The van der Waals surface area contributed by atoms with Crippen molar-refractivity contribution < 1.29 is 9.53 Å². The Labute approximate surface area is 131 Å². The second-order valence-electron chi connectivity index (χ2n) is 4.63. The number of hydrogen-bond donors (Lipinski definition) is 1. The van der Waals surface area contributed by atoms with Crippen LogP contribution in [-0.2, 0) is 16.1 Å². The van der Waals surface area contributed by atoms with E-state index in [4.69, 9.17) is 0 Å². The maximum absolute atomic E-state index is 11.0. The molecule has 22 heavy (non-hydrogen) atoms. The van der Waals surface area contributed by atoms with Crippen molar-refractivity contribution in [3.63, 3.8) is 0 Å². The summed E-state index contributed by atoms with van der Waals surface area (Å²) in [7, 11) is 3.09. The standard InChI is InChI=1S/C18H22N2O2/c1-15(5-4-12-19-2)13-20-14-17-8-6-16(7-9-17)10-11-18(21)22-3/h4-12,20H,1,13-14H2,2-3H3/b5-4-,11-10+,19-12?. The number of methoxy groups -OCH3 is 1. The SMILES string of the molecule is C=C(/C=C\C=NC)CNCc1ccc(/C=C/C(=O)OC)cc1. The molecule has 1 rings (SSSR count). The largest absolute Gasteiger partial charge is 0.466 e. The van der Waals surface area contributed by atoms with Crippen molar-refractivity contribution in [3.05, 3.63) is 65.8 Å². The van der Waals surface area contributed by atoms with Gasteiger partial charge in [0.1, 0.15) is 0 Å². The van der Waals surface area contributed by atoms with Gasteiger partial charge in [-0.1, -0.05) is 36.9 Å². The molecule has 1 aromatic carbocycles. The zero-order valence-corrected chi connectivity index (χ0v) is 13.1. The number of aliphatic imine (C=N–C) groups is 1. The zero-order chi connectivity index (χ0) is 16.2. The first kappa shape index (κ1) is 17.6. The topological polar surface area (TPSA) is 50.7 Å². The van der Waals surface area contributed by atoms with Crippen LogP contribution >= 0.6 is 0 Å². The molecule has 4 nitrogen and oxygen atoms in total. The fourth-order valence-corrected chi connectivity index (χ4v) is 1.67. The summed E-state index contributed by atoms with van der Waals surface area (Å²) in [5, 5.41) is 3.32. The molecule has 0 aliphatic heterocycles. The van der Waals surface area contributed by atoms with Gasteiger partial charge in [-0.2, -0.15) is 0 Å². The van der Waals surface area contributed by atoms with E-state index in [9.17, 15) is 4.79 Å². The van der Waals surface area contributed by atoms with E-state index in [2.05, 4.69) is 21.6 Å². The minimum atomic E-state index is -0.356. The molecule has 0 saturated heterocycles. The van der Waals surface area contributed by atoms with Crippen molar-refractivity contribution in [2.45, 2.75) is 6.54 Å². The second kappa shape index (κ2) is 10.3. The average molecular weight is 298 g/mol. The van der Waals surface area contributed by atoms with Crippen LogP contribution < -0.4 is 5.32 Å². The normalized spacial score (nSPS) is 11.5. The lowest BCUT2D eigenvalue weighted by Gasteiger charge is -2.05. The van der Waals surface area contributed by atoms with E-state index in [0.717, 1.165) is 24.2 Å². The minimum Gasteiger partial charge on any atom is -0.466 e. The highest BCUT2D eigenvalue weighted by atomic mass is 16.5. The van der Waals surface area contributed by atoms with Crippen LogP contribution in [0.4, 0.5) is 0 Å². The lowest BCUT2D eigenvalue weighted by Crippen LogP contribution is -2.15. The van der Waals surface area contributed by atoms with Crippen molar-refractivity contribution in [2.24, 2.45) is 4.99 Å². The molecule has 1 aromatic rings. The van der Waals surface area contributed by atoms with Gasteiger partial charge in [0.05, 0.1) is 7.11 Å². The number of carbonyl (C=O) groups excluding carboxylic acids is 1. The molecule has 0 aromatic heterocycles. The maximum atomic E-state index is 11.0. The molecule has 0 atom stereocenters. The summed E-state index contributed by atoms with van der Waals surface area (Å²) in [5.41, 5.74) is 3.12. The molecule has 116 valence electrons. The highest BCUT2D eigenvalue weighted by Gasteiger charge is 1.95. The number of hydrogen-bond acceptors (Lipinski definition) is 4. The van der Waals surface area contributed by atoms with Crippen LogP contribution in [0.2, 0.25) is 0 Å². The van der Waals surface area contributed by atoms with E-state index in [1.807, 2.05) is 36.4 Å². The third kappa shape index (κ3) is 7.36. The van der Waals surface area contributed by atoms with Crippen molar-refractivity contribution in [3.8, 4) is 0 Å². The molecular formula is C18H22N2O2.